The van der Waals surface area contributed by atoms with E-state index in [-0.39, 0.29) is 17.7 Å². The van der Waals surface area contributed by atoms with E-state index >= 15 is 0 Å². The molecule has 0 spiro atoms. The Morgan fingerprint density at radius 1 is 1.29 bits per heavy atom. The molecule has 5 heteroatoms. The number of nitrogens with one attached hydrogen (secondary N) is 1. The fourth-order valence-corrected chi connectivity index (χ4v) is 3.81. The highest BCUT2D eigenvalue weighted by atomic mass is 32.1. The average molecular weight is 342 g/mol. The van der Waals surface area contributed by atoms with Crippen LogP contribution in [-0.2, 0) is 22.4 Å². The van der Waals surface area contributed by atoms with Gasteiger partial charge in [-0.25, -0.2) is 0 Å². The summed E-state index contributed by atoms with van der Waals surface area (Å²) in [5.41, 5.74) is 2.09. The lowest BCUT2D eigenvalue weighted by Gasteiger charge is -2.20. The summed E-state index contributed by atoms with van der Waals surface area (Å²) in [5, 5.41) is 5.01. The summed E-state index contributed by atoms with van der Waals surface area (Å²) in [6.07, 6.45) is 2.01. The molecule has 0 radical (unpaired) electrons. The van der Waals surface area contributed by atoms with E-state index in [9.17, 15) is 9.59 Å². The van der Waals surface area contributed by atoms with Crippen LogP contribution in [0, 0.1) is 5.92 Å². The highest BCUT2D eigenvalue weighted by Crippen LogP contribution is 2.28. The van der Waals surface area contributed by atoms with E-state index < -0.39 is 0 Å². The lowest BCUT2D eigenvalue weighted by atomic mass is 10.1. The zero-order chi connectivity index (χ0) is 16.9. The van der Waals surface area contributed by atoms with Gasteiger partial charge in [-0.1, -0.05) is 31.2 Å². The Labute approximate surface area is 146 Å². The number of carbonyl (C=O) groups excluding carboxylic acids is 2. The largest absolute Gasteiger partial charge is 0.355 e. The number of rotatable bonds is 6. The minimum atomic E-state index is -0.259. The van der Waals surface area contributed by atoms with Crippen LogP contribution in [0.3, 0.4) is 0 Å². The Morgan fingerprint density at radius 2 is 2.12 bits per heavy atom. The van der Waals surface area contributed by atoms with Crippen LogP contribution in [0.5, 0.6) is 0 Å². The third kappa shape index (κ3) is 3.67. The maximum atomic E-state index is 12.4. The van der Waals surface area contributed by atoms with Crippen LogP contribution in [0.25, 0.3) is 0 Å². The Balaban J connectivity index is 1.58. The highest BCUT2D eigenvalue weighted by Gasteiger charge is 2.35. The molecule has 3 rings (SSSR count). The van der Waals surface area contributed by atoms with E-state index in [0.717, 1.165) is 24.1 Å². The maximum absolute atomic E-state index is 12.4. The van der Waals surface area contributed by atoms with Gasteiger partial charge in [-0.2, -0.15) is 0 Å². The molecule has 1 aromatic heterocycles. The molecule has 126 valence electrons. The molecule has 1 N–H and O–H groups in total. The molecule has 2 aromatic rings. The van der Waals surface area contributed by atoms with Crippen LogP contribution in [0.15, 0.2) is 41.8 Å². The number of hydrogen-bond acceptors (Lipinski definition) is 3. The lowest BCUT2D eigenvalue weighted by molar-refractivity contribution is -0.126. The van der Waals surface area contributed by atoms with Gasteiger partial charge in [0, 0.05) is 30.1 Å². The van der Waals surface area contributed by atoms with Gasteiger partial charge < -0.3 is 10.2 Å². The summed E-state index contributed by atoms with van der Waals surface area (Å²) >= 11 is 1.70. The molecule has 0 bridgehead atoms. The molecule has 1 aliphatic heterocycles. The van der Waals surface area contributed by atoms with Crippen LogP contribution in [0.4, 0.5) is 5.69 Å². The third-order valence-electron chi connectivity index (χ3n) is 4.41. The molecule has 1 aliphatic rings. The van der Waals surface area contributed by atoms with Crippen LogP contribution in [0.1, 0.15) is 23.8 Å². The van der Waals surface area contributed by atoms with Crippen molar-refractivity contribution in [1.82, 2.24) is 5.32 Å². The Bertz CT molecular complexity index is 712. The fraction of sp³-hybridized carbons (Fsp3) is 0.368. The summed E-state index contributed by atoms with van der Waals surface area (Å²) in [4.78, 5) is 27.8. The van der Waals surface area contributed by atoms with Gasteiger partial charge >= 0.3 is 0 Å². The summed E-state index contributed by atoms with van der Waals surface area (Å²) in [7, 11) is 0. The Kier molecular flexibility index (Phi) is 5.30. The number of thiophene rings is 1. The van der Waals surface area contributed by atoms with Gasteiger partial charge in [0.25, 0.3) is 0 Å². The second kappa shape index (κ2) is 7.62. The molecule has 1 saturated heterocycles. The van der Waals surface area contributed by atoms with Crippen LogP contribution >= 0.6 is 11.3 Å². The zero-order valence-electron chi connectivity index (χ0n) is 13.8. The first-order valence-electron chi connectivity index (χ1n) is 8.37. The fourth-order valence-electron chi connectivity index (χ4n) is 3.10. The predicted molar refractivity (Wildman–Crippen MR) is 97.3 cm³/mol. The number of para-hydroxylation sites is 1. The summed E-state index contributed by atoms with van der Waals surface area (Å²) in [6, 6.07) is 12.0. The average Bonchev–Trinajstić information content (AvgIpc) is 3.24. The van der Waals surface area contributed by atoms with Gasteiger partial charge in [0.15, 0.2) is 0 Å². The van der Waals surface area contributed by atoms with Crippen molar-refractivity contribution in [2.45, 2.75) is 26.2 Å². The monoisotopic (exact) mass is 342 g/mol. The summed E-state index contributed by atoms with van der Waals surface area (Å²) in [5.74, 6) is -0.239. The zero-order valence-corrected chi connectivity index (χ0v) is 14.6. The lowest BCUT2D eigenvalue weighted by Crippen LogP contribution is -2.34. The van der Waals surface area contributed by atoms with Gasteiger partial charge in [0.2, 0.25) is 11.8 Å². The maximum Gasteiger partial charge on any atom is 0.227 e. The van der Waals surface area contributed by atoms with E-state index in [2.05, 4.69) is 18.3 Å². The molecule has 2 amide bonds. The van der Waals surface area contributed by atoms with Crippen molar-refractivity contribution in [1.29, 1.82) is 0 Å². The first-order chi connectivity index (χ1) is 11.7. The predicted octanol–water partition coefficient (Wildman–Crippen LogP) is 3.02. The van der Waals surface area contributed by atoms with Crippen molar-refractivity contribution in [3.63, 3.8) is 0 Å². The quantitative estimate of drug-likeness (QED) is 0.877. The van der Waals surface area contributed by atoms with Gasteiger partial charge in [-0.05, 0) is 35.9 Å². The van der Waals surface area contributed by atoms with Gasteiger partial charge in [0.05, 0.1) is 5.92 Å². The van der Waals surface area contributed by atoms with Gasteiger partial charge in [-0.3, -0.25) is 9.59 Å². The second-order valence-electron chi connectivity index (χ2n) is 6.01. The van der Waals surface area contributed by atoms with Crippen LogP contribution in [-0.4, -0.2) is 24.9 Å². The molecule has 0 saturated carbocycles. The van der Waals surface area contributed by atoms with E-state index in [1.165, 1.54) is 4.88 Å². The van der Waals surface area contributed by atoms with E-state index in [4.69, 9.17) is 0 Å². The normalized spacial score (nSPS) is 17.3. The molecule has 1 fully saturated rings. The minimum absolute atomic E-state index is 0.0172. The van der Waals surface area contributed by atoms with E-state index in [1.807, 2.05) is 35.7 Å². The number of aryl methyl sites for hydroxylation is 1. The number of carbonyl (C=O) groups is 2. The van der Waals surface area contributed by atoms with Gasteiger partial charge in [-0.15, -0.1) is 11.3 Å². The molecule has 2 heterocycles. The topological polar surface area (TPSA) is 49.4 Å². The molecule has 1 unspecified atom stereocenters. The Hall–Kier alpha value is -2.14. The molecular weight excluding hydrogens is 320 g/mol. The molecule has 1 aromatic carbocycles. The first-order valence-corrected chi connectivity index (χ1v) is 9.25. The molecule has 1 atom stereocenters. The van der Waals surface area contributed by atoms with Gasteiger partial charge in [0.1, 0.15) is 0 Å². The molecule has 0 aliphatic carbocycles. The number of anilines is 1. The third-order valence-corrected chi connectivity index (χ3v) is 5.35. The van der Waals surface area contributed by atoms with Crippen LogP contribution < -0.4 is 10.2 Å². The molecule has 24 heavy (non-hydrogen) atoms. The van der Waals surface area contributed by atoms with E-state index in [0.29, 0.717) is 19.5 Å². The van der Waals surface area contributed by atoms with Crippen molar-refractivity contribution >= 4 is 28.8 Å². The summed E-state index contributed by atoms with van der Waals surface area (Å²) < 4.78 is 0. The highest BCUT2D eigenvalue weighted by molar-refractivity contribution is 7.09. The second-order valence-corrected chi connectivity index (χ2v) is 7.04. The van der Waals surface area contributed by atoms with Crippen molar-refractivity contribution in [3.8, 4) is 0 Å². The first kappa shape index (κ1) is 16.7. The number of benzene rings is 1. The Morgan fingerprint density at radius 3 is 2.88 bits per heavy atom. The molecule has 4 nitrogen and oxygen atoms in total. The standard InChI is InChI=1S/C19H22N2O2S/c1-2-14-6-3-4-8-17(14)21-13-15(12-18(21)22)19(23)20-10-9-16-7-5-11-24-16/h3-8,11,15H,2,9-10,12-13H2,1H3,(H,20,23). The minimum Gasteiger partial charge on any atom is -0.355 e. The van der Waals surface area contributed by atoms with Crippen LogP contribution in [0.2, 0.25) is 0 Å². The smallest absolute Gasteiger partial charge is 0.227 e. The van der Waals surface area contributed by atoms with Crippen molar-refractivity contribution in [3.05, 3.63) is 52.2 Å². The van der Waals surface area contributed by atoms with E-state index in [1.54, 1.807) is 16.2 Å². The van der Waals surface area contributed by atoms with Crippen molar-refractivity contribution in [2.24, 2.45) is 5.92 Å². The number of nitrogens with zero attached hydrogens (tertiary/aromatic N) is 1. The summed E-state index contributed by atoms with van der Waals surface area (Å²) in [6.45, 7) is 3.17. The molecular formula is C19H22N2O2S. The van der Waals surface area contributed by atoms with Crippen molar-refractivity contribution < 1.29 is 9.59 Å². The number of amides is 2. The van der Waals surface area contributed by atoms with Crippen molar-refractivity contribution in [2.75, 3.05) is 18.0 Å². The number of hydrogen-bond donors (Lipinski definition) is 1. The SMILES string of the molecule is CCc1ccccc1N1CC(C(=O)NCCc2cccs2)CC1=O.